The molecular weight excluding hydrogens is 208 g/mol. The molecule has 6 nitrogen and oxygen atoms in total. The number of ether oxygens (including phenoxy) is 2. The lowest BCUT2D eigenvalue weighted by atomic mass is 10.4. The van der Waals surface area contributed by atoms with Crippen molar-refractivity contribution in [2.24, 2.45) is 10.8 Å². The summed E-state index contributed by atoms with van der Waals surface area (Å²) in [6.45, 7) is 6.73. The van der Waals surface area contributed by atoms with Crippen molar-refractivity contribution in [3.8, 4) is 0 Å². The second-order valence-corrected chi connectivity index (χ2v) is 3.37. The van der Waals surface area contributed by atoms with Gasteiger partial charge in [-0.15, -0.1) is 0 Å². The monoisotopic (exact) mass is 232 g/mol. The first-order chi connectivity index (χ1) is 7.74. The standard InChI is InChI=1S/C10H24N4O2/c1-4-16-9(2)8-13-10(14-11)12-6-5-7-15-3/h9H,4-8,11H2,1-3H3,(H2,12,13,14). The Balaban J connectivity index is 3.74. The molecule has 6 heteroatoms. The van der Waals surface area contributed by atoms with Crippen LogP contribution in [0.4, 0.5) is 0 Å². The maximum absolute atomic E-state index is 5.36. The zero-order valence-corrected chi connectivity index (χ0v) is 10.5. The first kappa shape index (κ1) is 15.2. The predicted molar refractivity (Wildman–Crippen MR) is 65.2 cm³/mol. The fourth-order valence-corrected chi connectivity index (χ4v) is 1.13. The molecule has 1 atom stereocenters. The van der Waals surface area contributed by atoms with Crippen LogP contribution >= 0.6 is 0 Å². The average Bonchev–Trinajstić information content (AvgIpc) is 2.28. The van der Waals surface area contributed by atoms with Gasteiger partial charge < -0.3 is 14.8 Å². The van der Waals surface area contributed by atoms with Crippen LogP contribution in [0.1, 0.15) is 20.3 Å². The van der Waals surface area contributed by atoms with Crippen LogP contribution in [0.25, 0.3) is 0 Å². The molecule has 16 heavy (non-hydrogen) atoms. The normalized spacial score (nSPS) is 13.6. The highest BCUT2D eigenvalue weighted by molar-refractivity contribution is 5.79. The van der Waals surface area contributed by atoms with Crippen LogP contribution in [-0.4, -0.2) is 45.5 Å². The predicted octanol–water partition coefficient (Wildman–Crippen LogP) is -0.143. The van der Waals surface area contributed by atoms with Gasteiger partial charge in [0, 0.05) is 26.9 Å². The third-order valence-electron chi connectivity index (χ3n) is 1.91. The summed E-state index contributed by atoms with van der Waals surface area (Å²) in [4.78, 5) is 4.26. The van der Waals surface area contributed by atoms with E-state index in [0.717, 1.165) is 19.6 Å². The molecule has 0 aromatic rings. The quantitative estimate of drug-likeness (QED) is 0.178. The van der Waals surface area contributed by atoms with Crippen LogP contribution in [0.3, 0.4) is 0 Å². The molecule has 0 aromatic carbocycles. The molecule has 0 fully saturated rings. The average molecular weight is 232 g/mol. The third kappa shape index (κ3) is 8.46. The minimum Gasteiger partial charge on any atom is -0.385 e. The van der Waals surface area contributed by atoms with Crippen LogP contribution in [0.15, 0.2) is 4.99 Å². The van der Waals surface area contributed by atoms with Crippen molar-refractivity contribution in [1.82, 2.24) is 10.7 Å². The lowest BCUT2D eigenvalue weighted by Gasteiger charge is -2.11. The van der Waals surface area contributed by atoms with Gasteiger partial charge in [-0.05, 0) is 20.3 Å². The molecule has 0 rings (SSSR count). The van der Waals surface area contributed by atoms with Gasteiger partial charge in [0.2, 0.25) is 5.96 Å². The minimum atomic E-state index is 0.106. The number of guanidine groups is 1. The first-order valence-corrected chi connectivity index (χ1v) is 5.60. The maximum atomic E-state index is 5.36. The van der Waals surface area contributed by atoms with Crippen LogP contribution in [0.5, 0.6) is 0 Å². The largest absolute Gasteiger partial charge is 0.385 e. The van der Waals surface area contributed by atoms with E-state index in [-0.39, 0.29) is 6.10 Å². The molecule has 0 spiro atoms. The van der Waals surface area contributed by atoms with Crippen LogP contribution in [0.2, 0.25) is 0 Å². The Kier molecular flexibility index (Phi) is 10.1. The Morgan fingerprint density at radius 3 is 2.81 bits per heavy atom. The molecule has 0 aliphatic rings. The summed E-state index contributed by atoms with van der Waals surface area (Å²) in [5.74, 6) is 5.92. The molecule has 0 saturated carbocycles. The molecule has 1 unspecified atom stereocenters. The number of hydrazine groups is 1. The summed E-state index contributed by atoms with van der Waals surface area (Å²) in [6.07, 6.45) is 1.02. The van der Waals surface area contributed by atoms with E-state index < -0.39 is 0 Å². The number of nitrogens with one attached hydrogen (secondary N) is 2. The van der Waals surface area contributed by atoms with Crippen molar-refractivity contribution >= 4 is 5.96 Å². The Bertz CT molecular complexity index is 188. The highest BCUT2D eigenvalue weighted by atomic mass is 16.5. The van der Waals surface area contributed by atoms with Gasteiger partial charge >= 0.3 is 0 Å². The smallest absolute Gasteiger partial charge is 0.205 e. The number of rotatable bonds is 8. The molecule has 0 saturated heterocycles. The zero-order chi connectivity index (χ0) is 12.2. The number of nitrogens with two attached hydrogens (primary N) is 1. The lowest BCUT2D eigenvalue weighted by molar-refractivity contribution is 0.0828. The summed E-state index contributed by atoms with van der Waals surface area (Å²) in [5.41, 5.74) is 2.52. The summed E-state index contributed by atoms with van der Waals surface area (Å²) in [7, 11) is 1.68. The number of hydrogen-bond acceptors (Lipinski definition) is 4. The van der Waals surface area contributed by atoms with Gasteiger partial charge in [-0.2, -0.15) is 0 Å². The molecule has 0 aliphatic carbocycles. The lowest BCUT2D eigenvalue weighted by Crippen LogP contribution is -2.42. The van der Waals surface area contributed by atoms with Crippen molar-refractivity contribution < 1.29 is 9.47 Å². The molecular formula is C10H24N4O2. The number of nitrogens with zero attached hydrogens (tertiary/aromatic N) is 1. The number of methoxy groups -OCH3 is 1. The van der Waals surface area contributed by atoms with Gasteiger partial charge in [-0.25, -0.2) is 10.8 Å². The summed E-state index contributed by atoms with van der Waals surface area (Å²) >= 11 is 0. The van der Waals surface area contributed by atoms with Gasteiger partial charge in [0.05, 0.1) is 12.6 Å². The van der Waals surface area contributed by atoms with Crippen molar-refractivity contribution in [3.63, 3.8) is 0 Å². The second-order valence-electron chi connectivity index (χ2n) is 3.37. The first-order valence-electron chi connectivity index (χ1n) is 5.60. The van der Waals surface area contributed by atoms with Crippen LogP contribution < -0.4 is 16.6 Å². The van der Waals surface area contributed by atoms with E-state index in [1.54, 1.807) is 7.11 Å². The molecule has 0 aromatic heterocycles. The van der Waals surface area contributed by atoms with Gasteiger partial charge in [-0.1, -0.05) is 0 Å². The Labute approximate surface area is 97.6 Å². The zero-order valence-electron chi connectivity index (χ0n) is 10.5. The fraction of sp³-hybridized carbons (Fsp3) is 0.900. The maximum Gasteiger partial charge on any atom is 0.205 e. The summed E-state index contributed by atoms with van der Waals surface area (Å²) in [6, 6.07) is 0. The number of hydrogen-bond donors (Lipinski definition) is 3. The molecule has 4 N–H and O–H groups in total. The van der Waals surface area contributed by atoms with E-state index in [4.69, 9.17) is 15.3 Å². The molecule has 0 heterocycles. The van der Waals surface area contributed by atoms with E-state index in [2.05, 4.69) is 15.7 Å². The van der Waals surface area contributed by atoms with E-state index in [9.17, 15) is 0 Å². The highest BCUT2D eigenvalue weighted by Crippen LogP contribution is 1.90. The third-order valence-corrected chi connectivity index (χ3v) is 1.91. The topological polar surface area (TPSA) is 80.9 Å². The second kappa shape index (κ2) is 10.7. The minimum absolute atomic E-state index is 0.106. The Hall–Kier alpha value is -0.850. The van der Waals surface area contributed by atoms with Crippen molar-refractivity contribution in [1.29, 1.82) is 0 Å². The van der Waals surface area contributed by atoms with Crippen LogP contribution in [0, 0.1) is 0 Å². The van der Waals surface area contributed by atoms with Gasteiger partial charge in [-0.3, -0.25) is 5.43 Å². The van der Waals surface area contributed by atoms with Gasteiger partial charge in [0.15, 0.2) is 0 Å². The van der Waals surface area contributed by atoms with Crippen molar-refractivity contribution in [3.05, 3.63) is 0 Å². The van der Waals surface area contributed by atoms with E-state index in [0.29, 0.717) is 19.1 Å². The molecule has 0 radical (unpaired) electrons. The molecule has 96 valence electrons. The fourth-order valence-electron chi connectivity index (χ4n) is 1.13. The highest BCUT2D eigenvalue weighted by Gasteiger charge is 2.00. The molecule has 0 bridgehead atoms. The number of aliphatic imine (C=N–C) groups is 1. The van der Waals surface area contributed by atoms with E-state index in [1.165, 1.54) is 0 Å². The van der Waals surface area contributed by atoms with E-state index >= 15 is 0 Å². The molecule has 0 amide bonds. The summed E-state index contributed by atoms with van der Waals surface area (Å²) in [5, 5.41) is 3.08. The van der Waals surface area contributed by atoms with Gasteiger partial charge in [0.25, 0.3) is 0 Å². The van der Waals surface area contributed by atoms with Crippen molar-refractivity contribution in [2.45, 2.75) is 26.4 Å². The summed E-state index contributed by atoms with van der Waals surface area (Å²) < 4.78 is 10.3. The van der Waals surface area contributed by atoms with Crippen LogP contribution in [-0.2, 0) is 9.47 Å². The Morgan fingerprint density at radius 2 is 2.25 bits per heavy atom. The molecule has 0 aliphatic heterocycles. The SMILES string of the molecule is CCOC(C)CN=C(NN)NCCCOC. The Morgan fingerprint density at radius 1 is 1.50 bits per heavy atom. The van der Waals surface area contributed by atoms with E-state index in [1.807, 2.05) is 13.8 Å². The van der Waals surface area contributed by atoms with Gasteiger partial charge in [0.1, 0.15) is 0 Å². The van der Waals surface area contributed by atoms with Crippen molar-refractivity contribution in [2.75, 3.05) is 33.4 Å².